The van der Waals surface area contributed by atoms with Crippen molar-refractivity contribution in [2.75, 3.05) is 39.9 Å². The maximum absolute atomic E-state index is 11.6. The molecule has 0 unspecified atom stereocenters. The van der Waals surface area contributed by atoms with Crippen LogP contribution in [-0.2, 0) is 4.74 Å². The van der Waals surface area contributed by atoms with Gasteiger partial charge in [-0.15, -0.1) is 24.0 Å². The Labute approximate surface area is 105 Å². The van der Waals surface area contributed by atoms with Crippen LogP contribution in [0.3, 0.4) is 0 Å². The molecule has 0 spiro atoms. The van der Waals surface area contributed by atoms with Crippen molar-refractivity contribution >= 4 is 29.9 Å². The smallest absolute Gasteiger partial charge is 0.261 e. The van der Waals surface area contributed by atoms with Gasteiger partial charge in [-0.05, 0) is 0 Å². The molecule has 1 aliphatic rings. The number of hydrogen-bond donors (Lipinski definition) is 1. The van der Waals surface area contributed by atoms with Crippen LogP contribution in [0.4, 0.5) is 8.78 Å². The molecule has 0 saturated heterocycles. The lowest BCUT2D eigenvalue weighted by atomic mass is 10.6. The second-order valence-electron chi connectivity index (χ2n) is 3.02. The van der Waals surface area contributed by atoms with Crippen LogP contribution in [0.5, 0.6) is 0 Å². The van der Waals surface area contributed by atoms with Crippen LogP contribution in [-0.4, -0.2) is 57.2 Å². The van der Waals surface area contributed by atoms with Crippen molar-refractivity contribution in [3.63, 3.8) is 0 Å². The fourth-order valence-electron chi connectivity index (χ4n) is 1.13. The minimum absolute atomic E-state index is 0. The summed E-state index contributed by atoms with van der Waals surface area (Å²) >= 11 is 0. The zero-order chi connectivity index (χ0) is 10.4. The third-order valence-electron chi connectivity index (χ3n) is 1.83. The van der Waals surface area contributed by atoms with E-state index in [1.807, 2.05) is 11.9 Å². The van der Waals surface area contributed by atoms with Gasteiger partial charge in [0.1, 0.15) is 6.61 Å². The summed E-state index contributed by atoms with van der Waals surface area (Å²) in [5, 5.41) is 3.01. The first-order valence-electron chi connectivity index (χ1n) is 4.55. The van der Waals surface area contributed by atoms with Gasteiger partial charge in [-0.25, -0.2) is 8.78 Å². The molecule has 1 aliphatic heterocycles. The largest absolute Gasteiger partial charge is 0.374 e. The summed E-state index contributed by atoms with van der Waals surface area (Å²) in [4.78, 5) is 6.16. The molecular formula is C8H16F2IN3O. The van der Waals surface area contributed by atoms with Gasteiger partial charge in [0, 0.05) is 20.1 Å². The lowest BCUT2D eigenvalue weighted by Gasteiger charge is -2.14. The molecular weight excluding hydrogens is 319 g/mol. The van der Waals surface area contributed by atoms with Crippen LogP contribution in [0.25, 0.3) is 0 Å². The number of halogens is 3. The van der Waals surface area contributed by atoms with E-state index in [0.29, 0.717) is 6.54 Å². The Hall–Kier alpha value is -0.180. The van der Waals surface area contributed by atoms with Crippen LogP contribution in [0, 0.1) is 0 Å². The molecule has 1 N–H and O–H groups in total. The average molecular weight is 335 g/mol. The van der Waals surface area contributed by atoms with E-state index in [1.165, 1.54) is 0 Å². The van der Waals surface area contributed by atoms with Gasteiger partial charge in [-0.3, -0.25) is 4.99 Å². The maximum Gasteiger partial charge on any atom is 0.261 e. The molecule has 0 aromatic carbocycles. The highest BCUT2D eigenvalue weighted by molar-refractivity contribution is 14.0. The second kappa shape index (κ2) is 8.03. The third kappa shape index (κ3) is 6.08. The lowest BCUT2D eigenvalue weighted by Crippen LogP contribution is -2.37. The van der Waals surface area contributed by atoms with E-state index in [-0.39, 0.29) is 30.6 Å². The van der Waals surface area contributed by atoms with Crippen LogP contribution in [0.1, 0.15) is 0 Å². The van der Waals surface area contributed by atoms with Gasteiger partial charge in [-0.1, -0.05) is 0 Å². The number of hydrogen-bond acceptors (Lipinski definition) is 4. The van der Waals surface area contributed by atoms with Crippen LogP contribution in [0.2, 0.25) is 0 Å². The predicted molar refractivity (Wildman–Crippen MR) is 65.2 cm³/mol. The fraction of sp³-hybridized carbons (Fsp3) is 0.875. The Morgan fingerprint density at radius 1 is 1.60 bits per heavy atom. The minimum atomic E-state index is -2.39. The molecule has 0 fully saturated rings. The standard InChI is InChI=1S/C8H15F2N3O.HI/c1-13-4-2-11-8(13)12-3-5-14-6-7(9)10;/h7H,2-6H2,1H3,(H,11,12);1H. The summed E-state index contributed by atoms with van der Waals surface area (Å²) < 4.78 is 28.0. The lowest BCUT2D eigenvalue weighted by molar-refractivity contribution is 0.0196. The molecule has 0 aromatic rings. The molecule has 1 rings (SSSR count). The molecule has 0 atom stereocenters. The van der Waals surface area contributed by atoms with Gasteiger partial charge in [0.15, 0.2) is 5.96 Å². The highest BCUT2D eigenvalue weighted by atomic mass is 127. The molecule has 0 saturated carbocycles. The first kappa shape index (κ1) is 14.8. The second-order valence-corrected chi connectivity index (χ2v) is 3.02. The number of nitrogens with zero attached hydrogens (tertiary/aromatic N) is 2. The quantitative estimate of drug-likeness (QED) is 0.596. The van der Waals surface area contributed by atoms with Crippen molar-refractivity contribution in [3.05, 3.63) is 0 Å². The molecule has 0 aliphatic carbocycles. The first-order valence-corrected chi connectivity index (χ1v) is 4.55. The van der Waals surface area contributed by atoms with E-state index >= 15 is 0 Å². The van der Waals surface area contributed by atoms with Gasteiger partial charge in [-0.2, -0.15) is 0 Å². The van der Waals surface area contributed by atoms with E-state index in [1.54, 1.807) is 0 Å². The number of likely N-dealkylation sites (N-methyl/N-ethyl adjacent to an activating group) is 1. The summed E-state index contributed by atoms with van der Waals surface area (Å²) in [6.45, 7) is 1.98. The van der Waals surface area contributed by atoms with Crippen LogP contribution >= 0.6 is 24.0 Å². The van der Waals surface area contributed by atoms with Crippen LogP contribution in [0.15, 0.2) is 4.99 Å². The monoisotopic (exact) mass is 335 g/mol. The summed E-state index contributed by atoms with van der Waals surface area (Å²) in [7, 11) is 1.93. The maximum atomic E-state index is 11.6. The number of guanidine groups is 1. The van der Waals surface area contributed by atoms with Gasteiger partial charge in [0.2, 0.25) is 0 Å². The highest BCUT2D eigenvalue weighted by Crippen LogP contribution is 1.94. The Bertz CT molecular complexity index is 204. The number of alkyl halides is 2. The Kier molecular flexibility index (Phi) is 7.93. The predicted octanol–water partition coefficient (Wildman–Crippen LogP) is 0.777. The van der Waals surface area contributed by atoms with Crippen molar-refractivity contribution < 1.29 is 13.5 Å². The molecule has 0 aromatic heterocycles. The van der Waals surface area contributed by atoms with E-state index in [2.05, 4.69) is 10.3 Å². The molecule has 7 heteroatoms. The topological polar surface area (TPSA) is 36.9 Å². The summed E-state index contributed by atoms with van der Waals surface area (Å²) in [6.07, 6.45) is -2.39. The number of aliphatic imine (C=N–C) groups is 1. The van der Waals surface area contributed by atoms with E-state index in [9.17, 15) is 8.78 Å². The normalized spacial score (nSPS) is 15.2. The molecule has 0 bridgehead atoms. The van der Waals surface area contributed by atoms with Crippen LogP contribution < -0.4 is 5.32 Å². The molecule has 15 heavy (non-hydrogen) atoms. The van der Waals surface area contributed by atoms with Crippen molar-refractivity contribution in [1.82, 2.24) is 10.2 Å². The molecule has 1 heterocycles. The summed E-state index contributed by atoms with van der Waals surface area (Å²) in [5.74, 6) is 0.811. The Balaban J connectivity index is 0.00000196. The fourth-order valence-corrected chi connectivity index (χ4v) is 1.13. The van der Waals surface area contributed by atoms with Gasteiger partial charge in [0.05, 0.1) is 13.2 Å². The molecule has 0 amide bonds. The SMILES string of the molecule is CN1CCN=C1NCCOCC(F)F.I. The Morgan fingerprint density at radius 3 is 2.87 bits per heavy atom. The van der Waals surface area contributed by atoms with Crippen molar-refractivity contribution in [2.24, 2.45) is 4.99 Å². The number of nitrogens with one attached hydrogen (secondary N) is 1. The molecule has 90 valence electrons. The average Bonchev–Trinajstić information content (AvgIpc) is 2.51. The van der Waals surface area contributed by atoms with Crippen molar-refractivity contribution in [1.29, 1.82) is 0 Å². The van der Waals surface area contributed by atoms with Crippen molar-refractivity contribution in [3.8, 4) is 0 Å². The number of ether oxygens (including phenoxy) is 1. The minimum Gasteiger partial charge on any atom is -0.374 e. The van der Waals surface area contributed by atoms with Gasteiger partial charge < -0.3 is 15.0 Å². The number of rotatable bonds is 5. The van der Waals surface area contributed by atoms with E-state index in [4.69, 9.17) is 4.74 Å². The summed E-state index contributed by atoms with van der Waals surface area (Å²) in [6, 6.07) is 0. The van der Waals surface area contributed by atoms with E-state index in [0.717, 1.165) is 19.0 Å². The van der Waals surface area contributed by atoms with Gasteiger partial charge in [0.25, 0.3) is 6.43 Å². The van der Waals surface area contributed by atoms with Gasteiger partial charge >= 0.3 is 0 Å². The molecule has 4 nitrogen and oxygen atoms in total. The summed E-state index contributed by atoms with van der Waals surface area (Å²) in [5.41, 5.74) is 0. The third-order valence-corrected chi connectivity index (χ3v) is 1.83. The zero-order valence-electron chi connectivity index (χ0n) is 8.58. The zero-order valence-corrected chi connectivity index (χ0v) is 10.9. The first-order chi connectivity index (χ1) is 6.70. The molecule has 0 radical (unpaired) electrons. The van der Waals surface area contributed by atoms with Crippen molar-refractivity contribution in [2.45, 2.75) is 6.43 Å². The Morgan fingerprint density at radius 2 is 2.33 bits per heavy atom. The highest BCUT2D eigenvalue weighted by Gasteiger charge is 2.10. The van der Waals surface area contributed by atoms with E-state index < -0.39 is 13.0 Å².